The Balaban J connectivity index is 1.97. The van der Waals surface area contributed by atoms with Crippen molar-refractivity contribution < 1.29 is 13.7 Å². The molecule has 1 unspecified atom stereocenters. The van der Waals surface area contributed by atoms with E-state index in [4.69, 9.17) is 13.7 Å². The second-order valence-electron chi connectivity index (χ2n) is 3.69. The van der Waals surface area contributed by atoms with E-state index in [0.29, 0.717) is 6.61 Å². The summed E-state index contributed by atoms with van der Waals surface area (Å²) in [4.78, 5) is 4.05. The Bertz CT molecular complexity index is 484. The van der Waals surface area contributed by atoms with Crippen molar-refractivity contribution in [2.75, 3.05) is 6.61 Å². The Labute approximate surface area is 87.3 Å². The smallest absolute Gasteiger partial charge is 0.443 e. The lowest BCUT2D eigenvalue weighted by Gasteiger charge is -2.04. The van der Waals surface area contributed by atoms with Crippen LogP contribution in [0, 0.1) is 0 Å². The molecule has 15 heavy (non-hydrogen) atoms. The zero-order valence-corrected chi connectivity index (χ0v) is 8.34. The molecule has 0 amide bonds. The fraction of sp³-hybridized carbons (Fsp3) is 0.300. The van der Waals surface area contributed by atoms with Gasteiger partial charge in [0.25, 0.3) is 0 Å². The standard InChI is InChI=1S/C10H10BNO3/c1-7-5-14-11(15-7)8-2-3-9-10(4-8)13-6-12-9/h2-4,6-7H,5H2,1H3. The van der Waals surface area contributed by atoms with Gasteiger partial charge in [0.15, 0.2) is 12.0 Å². The summed E-state index contributed by atoms with van der Waals surface area (Å²) in [5, 5.41) is 0. The summed E-state index contributed by atoms with van der Waals surface area (Å²) >= 11 is 0. The minimum atomic E-state index is -0.269. The summed E-state index contributed by atoms with van der Waals surface area (Å²) in [7, 11) is -0.269. The summed E-state index contributed by atoms with van der Waals surface area (Å²) in [5.41, 5.74) is 2.59. The van der Waals surface area contributed by atoms with Crippen LogP contribution in [0.3, 0.4) is 0 Å². The quantitative estimate of drug-likeness (QED) is 0.647. The minimum Gasteiger partial charge on any atom is -0.443 e. The van der Waals surface area contributed by atoms with E-state index in [1.807, 2.05) is 25.1 Å². The van der Waals surface area contributed by atoms with Crippen LogP contribution >= 0.6 is 0 Å². The predicted octanol–water partition coefficient (Wildman–Crippen LogP) is 0.958. The highest BCUT2D eigenvalue weighted by atomic mass is 16.6. The highest BCUT2D eigenvalue weighted by Gasteiger charge is 2.30. The molecule has 1 aliphatic rings. The Morgan fingerprint density at radius 1 is 1.47 bits per heavy atom. The van der Waals surface area contributed by atoms with Crippen molar-refractivity contribution in [1.82, 2.24) is 4.98 Å². The largest absolute Gasteiger partial charge is 0.494 e. The van der Waals surface area contributed by atoms with Gasteiger partial charge in [-0.1, -0.05) is 6.07 Å². The molecule has 5 heteroatoms. The van der Waals surface area contributed by atoms with Crippen molar-refractivity contribution in [3.05, 3.63) is 24.6 Å². The second kappa shape index (κ2) is 3.36. The van der Waals surface area contributed by atoms with E-state index in [9.17, 15) is 0 Å². The molecular weight excluding hydrogens is 193 g/mol. The van der Waals surface area contributed by atoms with E-state index >= 15 is 0 Å². The summed E-state index contributed by atoms with van der Waals surface area (Å²) < 4.78 is 16.3. The fourth-order valence-corrected chi connectivity index (χ4v) is 1.71. The van der Waals surface area contributed by atoms with Gasteiger partial charge in [0.2, 0.25) is 0 Å². The van der Waals surface area contributed by atoms with Gasteiger partial charge in [0, 0.05) is 0 Å². The lowest BCUT2D eigenvalue weighted by Crippen LogP contribution is -2.31. The van der Waals surface area contributed by atoms with Crippen molar-refractivity contribution >= 4 is 23.7 Å². The van der Waals surface area contributed by atoms with E-state index in [1.54, 1.807) is 0 Å². The molecule has 1 fully saturated rings. The van der Waals surface area contributed by atoms with E-state index in [2.05, 4.69) is 4.98 Å². The average molecular weight is 203 g/mol. The number of rotatable bonds is 1. The molecule has 1 aromatic heterocycles. The second-order valence-corrected chi connectivity index (χ2v) is 3.69. The van der Waals surface area contributed by atoms with E-state index in [1.165, 1.54) is 6.39 Å². The molecule has 0 saturated carbocycles. The molecule has 1 saturated heterocycles. The van der Waals surface area contributed by atoms with E-state index in [0.717, 1.165) is 16.6 Å². The van der Waals surface area contributed by atoms with Gasteiger partial charge in [-0.05, 0) is 24.5 Å². The fourth-order valence-electron chi connectivity index (χ4n) is 1.71. The zero-order chi connectivity index (χ0) is 10.3. The van der Waals surface area contributed by atoms with Crippen LogP contribution in [0.1, 0.15) is 6.92 Å². The minimum absolute atomic E-state index is 0.153. The lowest BCUT2D eigenvalue weighted by atomic mass is 9.79. The van der Waals surface area contributed by atoms with Crippen LogP contribution in [0.2, 0.25) is 0 Å². The van der Waals surface area contributed by atoms with Gasteiger partial charge in [-0.3, -0.25) is 0 Å². The highest BCUT2D eigenvalue weighted by molar-refractivity contribution is 6.62. The SMILES string of the molecule is CC1COB(c2ccc3ncoc3c2)O1. The van der Waals surface area contributed by atoms with Gasteiger partial charge in [0.1, 0.15) is 5.52 Å². The number of benzene rings is 1. The van der Waals surface area contributed by atoms with E-state index in [-0.39, 0.29) is 13.2 Å². The maximum atomic E-state index is 5.59. The number of oxazole rings is 1. The van der Waals surface area contributed by atoms with Crippen molar-refractivity contribution in [2.24, 2.45) is 0 Å². The third-order valence-electron chi connectivity index (χ3n) is 2.47. The average Bonchev–Trinajstić information content (AvgIpc) is 2.84. The Morgan fingerprint density at radius 2 is 2.40 bits per heavy atom. The molecule has 0 radical (unpaired) electrons. The number of fused-ring (bicyclic) bond motifs is 1. The molecule has 1 atom stereocenters. The molecule has 0 aliphatic carbocycles. The third-order valence-corrected chi connectivity index (χ3v) is 2.47. The van der Waals surface area contributed by atoms with Crippen molar-refractivity contribution in [3.8, 4) is 0 Å². The van der Waals surface area contributed by atoms with Gasteiger partial charge in [0.05, 0.1) is 12.7 Å². The predicted molar refractivity (Wildman–Crippen MR) is 55.9 cm³/mol. The number of aromatic nitrogens is 1. The maximum Gasteiger partial charge on any atom is 0.494 e. The van der Waals surface area contributed by atoms with Crippen LogP contribution in [0.15, 0.2) is 29.0 Å². The van der Waals surface area contributed by atoms with Crippen LogP contribution in [0.4, 0.5) is 0 Å². The molecule has 2 aromatic rings. The van der Waals surface area contributed by atoms with Gasteiger partial charge < -0.3 is 13.7 Å². The Hall–Kier alpha value is -1.33. The van der Waals surface area contributed by atoms with Crippen LogP contribution in [-0.2, 0) is 9.31 Å². The maximum absolute atomic E-state index is 5.59. The number of nitrogens with zero attached hydrogens (tertiary/aromatic N) is 1. The summed E-state index contributed by atoms with van der Waals surface area (Å²) in [6.07, 6.45) is 1.59. The topological polar surface area (TPSA) is 44.5 Å². The number of hydrogen-bond acceptors (Lipinski definition) is 4. The summed E-state index contributed by atoms with van der Waals surface area (Å²) in [6, 6.07) is 5.77. The van der Waals surface area contributed by atoms with Crippen LogP contribution < -0.4 is 5.46 Å². The van der Waals surface area contributed by atoms with E-state index < -0.39 is 0 Å². The monoisotopic (exact) mass is 203 g/mol. The third kappa shape index (κ3) is 1.54. The number of hydrogen-bond donors (Lipinski definition) is 0. The molecule has 76 valence electrons. The van der Waals surface area contributed by atoms with Gasteiger partial charge in [-0.2, -0.15) is 0 Å². The van der Waals surface area contributed by atoms with Crippen molar-refractivity contribution in [1.29, 1.82) is 0 Å². The van der Waals surface area contributed by atoms with Gasteiger partial charge >= 0.3 is 7.12 Å². The zero-order valence-electron chi connectivity index (χ0n) is 8.34. The van der Waals surface area contributed by atoms with Crippen LogP contribution in [0.25, 0.3) is 11.1 Å². The summed E-state index contributed by atoms with van der Waals surface area (Å²) in [5.74, 6) is 0. The molecule has 3 rings (SSSR count). The normalized spacial score (nSPS) is 21.4. The molecule has 4 nitrogen and oxygen atoms in total. The first-order chi connectivity index (χ1) is 7.33. The first kappa shape index (κ1) is 8.94. The molecule has 2 heterocycles. The lowest BCUT2D eigenvalue weighted by molar-refractivity contribution is 0.258. The molecule has 1 aromatic carbocycles. The van der Waals surface area contributed by atoms with Crippen molar-refractivity contribution in [2.45, 2.75) is 13.0 Å². The van der Waals surface area contributed by atoms with Gasteiger partial charge in [-0.25, -0.2) is 4.98 Å². The Kier molecular flexibility index (Phi) is 2.00. The molecular formula is C10H10BNO3. The first-order valence-electron chi connectivity index (χ1n) is 4.93. The van der Waals surface area contributed by atoms with Crippen LogP contribution in [0.5, 0.6) is 0 Å². The van der Waals surface area contributed by atoms with Crippen molar-refractivity contribution in [3.63, 3.8) is 0 Å². The Morgan fingerprint density at radius 3 is 3.20 bits per heavy atom. The first-order valence-corrected chi connectivity index (χ1v) is 4.93. The molecule has 0 bridgehead atoms. The van der Waals surface area contributed by atoms with Crippen LogP contribution in [-0.4, -0.2) is 24.8 Å². The molecule has 0 spiro atoms. The summed E-state index contributed by atoms with van der Waals surface area (Å²) in [6.45, 7) is 2.63. The molecule has 1 aliphatic heterocycles. The highest BCUT2D eigenvalue weighted by Crippen LogP contribution is 2.13. The molecule has 0 N–H and O–H groups in total. The van der Waals surface area contributed by atoms with Gasteiger partial charge in [-0.15, -0.1) is 0 Å².